The van der Waals surface area contributed by atoms with Crippen molar-refractivity contribution in [2.24, 2.45) is 10.8 Å². The van der Waals surface area contributed by atoms with Gasteiger partial charge in [-0.1, -0.05) is 96.1 Å². The molecular weight excluding hydrogens is 911 g/mol. The number of aryl methyl sites for hydroxylation is 2. The summed E-state index contributed by atoms with van der Waals surface area (Å²) in [6.45, 7) is 14.7. The SMILES string of the molecule is CN[C@@H](C)C(=O)NC(C(=O)N1Cc2cc(C(=O)NC3CC(C(=O)N[C@@H]4CCCc5ccccc54)N(C(=O)[C@@H](NC(=O)[C@H](C)NC)C(C)(C)C)C3)ccc2CC1C(=O)NC1CCCc2ccccc21)C(C)(C)C. The van der Waals surface area contributed by atoms with Crippen LogP contribution in [0.1, 0.15) is 143 Å². The maximum atomic E-state index is 15.0. The first-order chi connectivity index (χ1) is 34.1. The highest BCUT2D eigenvalue weighted by molar-refractivity contribution is 5.97. The van der Waals surface area contributed by atoms with Crippen LogP contribution in [0.15, 0.2) is 66.7 Å². The normalized spacial score (nSPS) is 22.4. The zero-order valence-corrected chi connectivity index (χ0v) is 43.9. The highest BCUT2D eigenvalue weighted by atomic mass is 16.2. The number of benzene rings is 3. The number of hydrogen-bond acceptors (Lipinski definition) is 9. The first-order valence-electron chi connectivity index (χ1n) is 25.8. The van der Waals surface area contributed by atoms with Gasteiger partial charge in [0.1, 0.15) is 24.2 Å². The summed E-state index contributed by atoms with van der Waals surface area (Å²) in [5.41, 5.74) is 4.81. The Bertz CT molecular complexity index is 2530. The van der Waals surface area contributed by atoms with E-state index < -0.39 is 70.8 Å². The second kappa shape index (κ2) is 22.3. The molecule has 0 radical (unpaired) electrons. The second-order valence-electron chi connectivity index (χ2n) is 22.5. The third-order valence-corrected chi connectivity index (χ3v) is 15.2. The van der Waals surface area contributed by atoms with Gasteiger partial charge >= 0.3 is 0 Å². The molecule has 5 unspecified atom stereocenters. The first-order valence-corrected chi connectivity index (χ1v) is 25.8. The summed E-state index contributed by atoms with van der Waals surface area (Å²) in [6, 6.07) is 15.4. The van der Waals surface area contributed by atoms with E-state index in [2.05, 4.69) is 49.4 Å². The lowest BCUT2D eigenvalue weighted by Crippen LogP contribution is -2.62. The number of rotatable bonds is 14. The van der Waals surface area contributed by atoms with E-state index in [9.17, 15) is 33.6 Å². The Balaban J connectivity index is 1.16. The van der Waals surface area contributed by atoms with Crippen molar-refractivity contribution in [3.63, 3.8) is 0 Å². The number of carbonyl (C=O) groups is 7. The Hall–Kier alpha value is -6.13. The van der Waals surface area contributed by atoms with Gasteiger partial charge in [0, 0.05) is 31.1 Å². The van der Waals surface area contributed by atoms with Gasteiger partial charge in [-0.2, -0.15) is 0 Å². The number of likely N-dealkylation sites (tertiary alicyclic amines) is 1. The average Bonchev–Trinajstić information content (AvgIpc) is 3.78. The molecule has 2 heterocycles. The van der Waals surface area contributed by atoms with Crippen molar-refractivity contribution < 1.29 is 33.6 Å². The molecule has 7 N–H and O–H groups in total. The molecule has 16 nitrogen and oxygen atoms in total. The molecule has 0 aromatic heterocycles. The van der Waals surface area contributed by atoms with E-state index in [1.165, 1.54) is 16.0 Å². The Morgan fingerprint density at radius 1 is 0.583 bits per heavy atom. The van der Waals surface area contributed by atoms with Crippen LogP contribution in [0, 0.1) is 10.8 Å². The van der Waals surface area contributed by atoms with Gasteiger partial charge in [0.25, 0.3) is 5.91 Å². The summed E-state index contributed by atoms with van der Waals surface area (Å²) in [4.78, 5) is 103. The molecule has 7 amide bonds. The zero-order chi connectivity index (χ0) is 52.2. The fourth-order valence-electron chi connectivity index (χ4n) is 10.7. The third kappa shape index (κ3) is 12.0. The average molecular weight is 988 g/mol. The van der Waals surface area contributed by atoms with Gasteiger partial charge in [0.05, 0.1) is 24.2 Å². The Labute approximate surface area is 425 Å². The van der Waals surface area contributed by atoms with Crippen LogP contribution in [-0.2, 0) is 54.6 Å². The zero-order valence-electron chi connectivity index (χ0n) is 43.9. The lowest BCUT2D eigenvalue weighted by atomic mass is 9.83. The van der Waals surface area contributed by atoms with Crippen LogP contribution in [0.5, 0.6) is 0 Å². The highest BCUT2D eigenvalue weighted by Gasteiger charge is 2.47. The van der Waals surface area contributed by atoms with Gasteiger partial charge in [0.2, 0.25) is 35.4 Å². The van der Waals surface area contributed by atoms with E-state index in [4.69, 9.17) is 0 Å². The minimum absolute atomic E-state index is 0.00296. The lowest BCUT2D eigenvalue weighted by Gasteiger charge is -2.42. The van der Waals surface area contributed by atoms with Gasteiger partial charge < -0.3 is 47.0 Å². The standard InChI is InChI=1S/C56H77N9O7/c1-32(57-9)48(66)62-46(55(3,4)5)53(71)64-30-38-27-37(26-25-36(38)28-44(64)51(69)60-42-23-15-19-34-17-11-13-21-40(34)42)50(68)59-39-29-45(52(70)61-43-24-16-20-35-18-12-14-22-41(35)43)65(31-39)54(72)47(56(6,7)8)63-49(67)33(2)58-10/h11-14,17-18,21-22,25-27,32-33,39,42-47,57-58H,15-16,19-20,23-24,28-31H2,1-10H3,(H,59,68)(H,60,69)(H,61,70)(H,62,66)(H,63,67)/t32-,33-,39?,42?,43+,44?,45?,46?,47+/m0/s1. The predicted octanol–water partition coefficient (Wildman–Crippen LogP) is 4.30. The molecule has 0 bridgehead atoms. The Morgan fingerprint density at radius 2 is 1.07 bits per heavy atom. The Morgan fingerprint density at radius 3 is 1.57 bits per heavy atom. The maximum absolute atomic E-state index is 15.0. The van der Waals surface area contributed by atoms with Crippen molar-refractivity contribution in [2.45, 2.75) is 168 Å². The summed E-state index contributed by atoms with van der Waals surface area (Å²) >= 11 is 0. The topological polar surface area (TPSA) is 210 Å². The van der Waals surface area contributed by atoms with Crippen molar-refractivity contribution in [3.05, 3.63) is 106 Å². The van der Waals surface area contributed by atoms with Crippen molar-refractivity contribution in [2.75, 3.05) is 20.6 Å². The molecule has 7 rings (SSSR count). The van der Waals surface area contributed by atoms with Crippen molar-refractivity contribution in [3.8, 4) is 0 Å². The summed E-state index contributed by atoms with van der Waals surface area (Å²) in [5, 5.41) is 21.4. The van der Waals surface area contributed by atoms with E-state index >= 15 is 0 Å². The van der Waals surface area contributed by atoms with Gasteiger partial charge in [-0.15, -0.1) is 0 Å². The quantitative estimate of drug-likeness (QED) is 0.123. The molecule has 2 aliphatic carbocycles. The monoisotopic (exact) mass is 988 g/mol. The molecule has 16 heteroatoms. The van der Waals surface area contributed by atoms with Crippen molar-refractivity contribution >= 4 is 41.4 Å². The van der Waals surface area contributed by atoms with Crippen LogP contribution in [-0.4, -0.2) is 114 Å². The molecule has 72 heavy (non-hydrogen) atoms. The first kappa shape index (κ1) is 53.7. The molecule has 0 spiro atoms. The summed E-state index contributed by atoms with van der Waals surface area (Å²) in [5.74, 6) is -2.60. The highest BCUT2D eigenvalue weighted by Crippen LogP contribution is 2.34. The van der Waals surface area contributed by atoms with Gasteiger partial charge in [-0.3, -0.25) is 33.6 Å². The third-order valence-electron chi connectivity index (χ3n) is 15.2. The van der Waals surface area contributed by atoms with Gasteiger partial charge in [-0.05, 0) is 129 Å². The molecule has 1 fully saturated rings. The summed E-state index contributed by atoms with van der Waals surface area (Å²) < 4.78 is 0. The molecule has 0 saturated carbocycles. The largest absolute Gasteiger partial charge is 0.347 e. The van der Waals surface area contributed by atoms with E-state index in [0.717, 1.165) is 55.2 Å². The maximum Gasteiger partial charge on any atom is 0.251 e. The lowest BCUT2D eigenvalue weighted by molar-refractivity contribution is -0.147. The number of nitrogens with zero attached hydrogens (tertiary/aromatic N) is 2. The predicted molar refractivity (Wildman–Crippen MR) is 276 cm³/mol. The van der Waals surface area contributed by atoms with Gasteiger partial charge in [0.15, 0.2) is 0 Å². The van der Waals surface area contributed by atoms with Crippen LogP contribution >= 0.6 is 0 Å². The van der Waals surface area contributed by atoms with E-state index in [0.29, 0.717) is 11.1 Å². The van der Waals surface area contributed by atoms with E-state index in [1.807, 2.05) is 84.0 Å². The smallest absolute Gasteiger partial charge is 0.251 e. The van der Waals surface area contributed by atoms with E-state index in [1.54, 1.807) is 45.0 Å². The molecule has 1 saturated heterocycles. The van der Waals surface area contributed by atoms with Crippen LogP contribution < -0.4 is 37.2 Å². The van der Waals surface area contributed by atoms with Crippen LogP contribution in [0.4, 0.5) is 0 Å². The number of nitrogens with one attached hydrogen (secondary N) is 7. The number of hydrogen-bond donors (Lipinski definition) is 7. The Kier molecular flexibility index (Phi) is 16.6. The van der Waals surface area contributed by atoms with Crippen LogP contribution in [0.3, 0.4) is 0 Å². The van der Waals surface area contributed by atoms with Crippen LogP contribution in [0.2, 0.25) is 0 Å². The van der Waals surface area contributed by atoms with Crippen molar-refractivity contribution in [1.29, 1.82) is 0 Å². The molecule has 3 aromatic rings. The minimum atomic E-state index is -0.983. The molecule has 2 aliphatic heterocycles. The number of amides is 7. The molecule has 3 aromatic carbocycles. The van der Waals surface area contributed by atoms with E-state index in [-0.39, 0.29) is 61.6 Å². The summed E-state index contributed by atoms with van der Waals surface area (Å²) in [7, 11) is 3.33. The number of carbonyl (C=O) groups excluding carboxylic acids is 7. The molecule has 388 valence electrons. The fourth-order valence-corrected chi connectivity index (χ4v) is 10.7. The molecule has 9 atom stereocenters. The number of likely N-dealkylation sites (N-methyl/N-ethyl adjacent to an activating group) is 2. The molecular formula is C56H77N9O7. The second-order valence-corrected chi connectivity index (χ2v) is 22.5. The fraction of sp³-hybridized carbons (Fsp3) is 0.554. The molecule has 4 aliphatic rings. The van der Waals surface area contributed by atoms with Crippen molar-refractivity contribution in [1.82, 2.24) is 47.0 Å². The number of fused-ring (bicyclic) bond motifs is 3. The minimum Gasteiger partial charge on any atom is -0.347 e. The van der Waals surface area contributed by atoms with Crippen LogP contribution in [0.25, 0.3) is 0 Å². The van der Waals surface area contributed by atoms with Gasteiger partial charge in [-0.25, -0.2) is 0 Å². The summed E-state index contributed by atoms with van der Waals surface area (Å²) in [6.07, 6.45) is 5.47.